The SMILES string of the molecule is COC[C@H]1O[C@@H]2O[C@H]3[C@H](O)[C@@H](O)[C@@H](O[C@H]4[C@H](O)[C@@H](O)[C@@H](O[C@H]5[C@H](O)[C@@H](O)[C@@H](O[C@H]6[C@H](O)[C@@H](O)[C@@H](O[C@H]7[C@H](O)[C@@H](O)[C@@H](O[C@H]8[C@H](O)[C@@H](O)[C@@H](O[C@H]1[C@H](O)[C@H]2OC)O[C@@H]8CO)O[C@@H]7CO)O[C@@H]6CO)O[C@@H]5CO)O[C@@H]4CO)O[C@@H]3CO. The summed E-state index contributed by atoms with van der Waals surface area (Å²) in [5.41, 5.74) is 0. The van der Waals surface area contributed by atoms with Crippen molar-refractivity contribution < 1.29 is 173 Å². The van der Waals surface area contributed by atoms with Crippen LogP contribution in [0.1, 0.15) is 0 Å². The van der Waals surface area contributed by atoms with E-state index in [9.17, 15) is 97.0 Å². The van der Waals surface area contributed by atoms with Gasteiger partial charge in [0.1, 0.15) is 171 Å². The molecule has 21 aliphatic heterocycles. The summed E-state index contributed by atoms with van der Waals surface area (Å²) in [6.07, 6.45) is -67.3. The maximum absolute atomic E-state index is 11.8. The zero-order valence-corrected chi connectivity index (χ0v) is 42.2. The first-order valence-electron chi connectivity index (χ1n) is 25.4. The second kappa shape index (κ2) is 27.3. The zero-order chi connectivity index (χ0) is 57.5. The first kappa shape index (κ1) is 63.6. The van der Waals surface area contributed by atoms with Crippen LogP contribution in [-0.2, 0) is 75.8 Å². The van der Waals surface area contributed by atoms with Crippen molar-refractivity contribution in [2.75, 3.05) is 60.5 Å². The third-order valence-corrected chi connectivity index (χ3v) is 15.2. The van der Waals surface area contributed by atoms with Gasteiger partial charge in [-0.15, -0.1) is 0 Å². The molecule has 21 aliphatic rings. The molecule has 35 atom stereocenters. The lowest BCUT2D eigenvalue weighted by Gasteiger charge is -2.50. The Kier molecular flexibility index (Phi) is 22.0. The maximum Gasteiger partial charge on any atom is 0.187 e. The van der Waals surface area contributed by atoms with Crippen molar-refractivity contribution in [1.29, 1.82) is 0 Å². The predicted octanol–water partition coefficient (Wildman–Crippen LogP) is -13.9. The Bertz CT molecular complexity index is 1860. The normalized spacial score (nSPS) is 54.3. The van der Waals surface area contributed by atoms with Gasteiger partial charge in [-0.05, 0) is 0 Å². The molecule has 21 saturated heterocycles. The number of hydrogen-bond donors (Lipinski definition) is 19. The molecule has 0 aliphatic carbocycles. The van der Waals surface area contributed by atoms with E-state index in [1.54, 1.807) is 0 Å². The summed E-state index contributed by atoms with van der Waals surface area (Å²) in [7, 11) is 2.33. The van der Waals surface area contributed by atoms with Crippen LogP contribution in [0, 0.1) is 0 Å². The molecule has 19 N–H and O–H groups in total. The summed E-state index contributed by atoms with van der Waals surface area (Å²) >= 11 is 0. The molecular formula is C44H74O35. The number of methoxy groups -OCH3 is 2. The second-order valence-corrected chi connectivity index (χ2v) is 20.1. The van der Waals surface area contributed by atoms with Gasteiger partial charge in [-0.2, -0.15) is 0 Å². The van der Waals surface area contributed by atoms with E-state index in [2.05, 4.69) is 0 Å². The van der Waals surface area contributed by atoms with Crippen LogP contribution in [0.4, 0.5) is 0 Å². The molecule has 35 nitrogen and oxygen atoms in total. The average molecular weight is 1160 g/mol. The van der Waals surface area contributed by atoms with Crippen LogP contribution in [0.3, 0.4) is 0 Å². The number of aliphatic hydroxyl groups excluding tert-OH is 19. The van der Waals surface area contributed by atoms with E-state index >= 15 is 0 Å². The molecule has 0 unspecified atom stereocenters. The Balaban J connectivity index is 1.09. The molecule has 0 amide bonds. The van der Waals surface area contributed by atoms with Gasteiger partial charge in [0, 0.05) is 14.2 Å². The van der Waals surface area contributed by atoms with E-state index in [0.29, 0.717) is 0 Å². The topological polar surface area (TPSA) is 532 Å². The van der Waals surface area contributed by atoms with Crippen LogP contribution in [0.5, 0.6) is 0 Å². The lowest BCUT2D eigenvalue weighted by Crippen LogP contribution is -2.68. The molecule has 0 radical (unpaired) electrons. The minimum absolute atomic E-state index is 0.418. The zero-order valence-electron chi connectivity index (χ0n) is 42.2. The van der Waals surface area contributed by atoms with Crippen molar-refractivity contribution in [2.45, 2.75) is 215 Å². The number of ether oxygens (including phenoxy) is 16. The molecule has 35 heteroatoms. The lowest BCUT2D eigenvalue weighted by atomic mass is 9.95. The van der Waals surface area contributed by atoms with Gasteiger partial charge in [0.15, 0.2) is 44.0 Å². The molecule has 0 aromatic carbocycles. The van der Waals surface area contributed by atoms with Crippen LogP contribution in [0.15, 0.2) is 0 Å². The van der Waals surface area contributed by atoms with Crippen molar-refractivity contribution in [3.05, 3.63) is 0 Å². The Hall–Kier alpha value is -1.40. The molecule has 0 spiro atoms. The molecule has 0 saturated carbocycles. The minimum atomic E-state index is -2.20. The van der Waals surface area contributed by atoms with Gasteiger partial charge >= 0.3 is 0 Å². The van der Waals surface area contributed by atoms with Gasteiger partial charge in [0.05, 0.1) is 46.2 Å². The highest BCUT2D eigenvalue weighted by molar-refractivity contribution is 5.02. The van der Waals surface area contributed by atoms with E-state index in [4.69, 9.17) is 75.8 Å². The summed E-state index contributed by atoms with van der Waals surface area (Å²) in [5, 5.41) is 211. The number of hydrogen-bond acceptors (Lipinski definition) is 35. The van der Waals surface area contributed by atoms with Crippen molar-refractivity contribution in [3.63, 3.8) is 0 Å². The predicted molar refractivity (Wildman–Crippen MR) is 238 cm³/mol. The summed E-state index contributed by atoms with van der Waals surface area (Å²) in [5.74, 6) is 0. The monoisotopic (exact) mass is 1160 g/mol. The van der Waals surface area contributed by atoms with Crippen molar-refractivity contribution in [3.8, 4) is 0 Å². The van der Waals surface area contributed by atoms with Crippen LogP contribution in [0.2, 0.25) is 0 Å². The van der Waals surface area contributed by atoms with E-state index in [1.165, 1.54) is 7.11 Å². The van der Waals surface area contributed by atoms with Gasteiger partial charge in [-0.1, -0.05) is 0 Å². The Morgan fingerprint density at radius 2 is 0.430 bits per heavy atom. The maximum atomic E-state index is 11.8. The highest BCUT2D eigenvalue weighted by Crippen LogP contribution is 2.39. The molecule has 460 valence electrons. The third-order valence-electron chi connectivity index (χ3n) is 15.2. The first-order chi connectivity index (χ1) is 37.7. The highest BCUT2D eigenvalue weighted by Gasteiger charge is 2.59. The van der Waals surface area contributed by atoms with E-state index in [0.717, 1.165) is 7.11 Å². The molecule has 21 rings (SSSR count). The van der Waals surface area contributed by atoms with Gasteiger partial charge in [0.2, 0.25) is 0 Å². The van der Waals surface area contributed by atoms with Crippen LogP contribution in [-0.4, -0.2) is 372 Å². The Labute approximate surface area is 447 Å². The van der Waals surface area contributed by atoms with Gasteiger partial charge in [0.25, 0.3) is 0 Å². The van der Waals surface area contributed by atoms with Crippen LogP contribution >= 0.6 is 0 Å². The van der Waals surface area contributed by atoms with Crippen LogP contribution < -0.4 is 0 Å². The molecule has 0 aromatic heterocycles. The van der Waals surface area contributed by atoms with Crippen LogP contribution in [0.25, 0.3) is 0 Å². The fraction of sp³-hybridized carbons (Fsp3) is 1.00. The van der Waals surface area contributed by atoms with Crippen molar-refractivity contribution in [1.82, 2.24) is 0 Å². The smallest absolute Gasteiger partial charge is 0.187 e. The molecule has 0 aromatic rings. The highest BCUT2D eigenvalue weighted by atomic mass is 16.8. The van der Waals surface area contributed by atoms with Gasteiger partial charge in [-0.3, -0.25) is 0 Å². The summed E-state index contributed by atoms with van der Waals surface area (Å²) in [4.78, 5) is 0. The van der Waals surface area contributed by atoms with E-state index in [-0.39, 0.29) is 0 Å². The average Bonchev–Trinajstić information content (AvgIpc) is 3.50. The van der Waals surface area contributed by atoms with E-state index in [1.807, 2.05) is 0 Å². The molecule has 14 bridgehead atoms. The van der Waals surface area contributed by atoms with Crippen molar-refractivity contribution in [2.24, 2.45) is 0 Å². The summed E-state index contributed by atoms with van der Waals surface area (Å²) in [6.45, 7) is -6.51. The molecule has 21 heterocycles. The quantitative estimate of drug-likeness (QED) is 0.102. The van der Waals surface area contributed by atoms with E-state index < -0.39 is 261 Å². The first-order valence-corrected chi connectivity index (χ1v) is 25.4. The largest absolute Gasteiger partial charge is 0.394 e. The molecular weight excluding hydrogens is 1090 g/mol. The minimum Gasteiger partial charge on any atom is -0.394 e. The second-order valence-electron chi connectivity index (χ2n) is 20.1. The van der Waals surface area contributed by atoms with Gasteiger partial charge in [-0.25, -0.2) is 0 Å². The fourth-order valence-corrected chi connectivity index (χ4v) is 10.8. The lowest BCUT2D eigenvalue weighted by molar-refractivity contribution is -0.397. The molecule has 21 fully saturated rings. The third kappa shape index (κ3) is 12.6. The summed E-state index contributed by atoms with van der Waals surface area (Å²) < 4.78 is 91.9. The Morgan fingerprint density at radius 3 is 0.620 bits per heavy atom. The standard InChI is InChI=1S/C44H74O35/c1-64-9-16-36-29(63)37(65-2)44(72-16)79-35-15(8-50)71-42(28(62)22(35)56)77-33-13(6-48)69-40(26(60)20(33)54)75-31-11(4-46)67-38(24(58)18(31)52)73-30-10(3-45)66-39(23(57)17(30)51)74-32-12(5-47)68-41(25(59)19(32)53)76-34-14(7-49)70-43(78-36)27(61)21(34)55/h10-63H,3-9H2,1-2H3/t10-,11-,12-,13-,14-,15-,16-,17-,18-,19-,20-,21-,22-,23-,24-,25-,26-,27-,28-,29+,30-,31-,32-,33-,34-,35-,36-,37-,38-,39-,40-,41-,42-,43-,44-/m1/s1. The Morgan fingerprint density at radius 1 is 0.241 bits per heavy atom. The molecule has 79 heavy (non-hydrogen) atoms. The number of rotatable bonds is 9. The van der Waals surface area contributed by atoms with Gasteiger partial charge < -0.3 is 173 Å². The number of aliphatic hydroxyl groups is 19. The fourth-order valence-electron chi connectivity index (χ4n) is 10.8. The summed E-state index contributed by atoms with van der Waals surface area (Å²) in [6, 6.07) is 0. The van der Waals surface area contributed by atoms with Crippen molar-refractivity contribution >= 4 is 0 Å².